The molecule has 0 bridgehead atoms. The highest BCUT2D eigenvalue weighted by molar-refractivity contribution is 7.85. The van der Waals surface area contributed by atoms with Crippen LogP contribution < -0.4 is 0 Å². The van der Waals surface area contributed by atoms with E-state index in [4.69, 9.17) is 37.2 Å². The molecule has 0 aliphatic carbocycles. The highest BCUT2D eigenvalue weighted by atomic mass is 35.5. The third-order valence-corrected chi connectivity index (χ3v) is 3.79. The number of rotatable bonds is 4. The zero-order valence-corrected chi connectivity index (χ0v) is 15.9. The van der Waals surface area contributed by atoms with E-state index in [2.05, 4.69) is 10.1 Å². The molecule has 0 saturated carbocycles. The first kappa shape index (κ1) is 21.0. The normalized spacial score (nSPS) is 22.7. The van der Waals surface area contributed by atoms with Gasteiger partial charge in [-0.15, -0.1) is 0 Å². The summed E-state index contributed by atoms with van der Waals surface area (Å²) in [6, 6.07) is 5.09. The number of aliphatic hydroxyl groups is 1. The van der Waals surface area contributed by atoms with E-state index in [1.807, 2.05) is 0 Å². The Hall–Kier alpha value is -1.27. The monoisotopic (exact) mass is 425 g/mol. The van der Waals surface area contributed by atoms with Gasteiger partial charge in [-0.1, -0.05) is 29.3 Å². The molecule has 26 heavy (non-hydrogen) atoms. The molecule has 1 aliphatic rings. The number of benzene rings is 1. The maximum Gasteiger partial charge on any atom is 0.261 e. The van der Waals surface area contributed by atoms with E-state index in [1.54, 1.807) is 29.2 Å². The van der Waals surface area contributed by atoms with Crippen LogP contribution in [-0.2, 0) is 31.9 Å². The topological polar surface area (TPSA) is 124 Å². The van der Waals surface area contributed by atoms with Gasteiger partial charge < -0.3 is 14.6 Å². The molecule has 12 heteroatoms. The van der Waals surface area contributed by atoms with E-state index >= 15 is 0 Å². The Kier molecular flexibility index (Phi) is 6.97. The summed E-state index contributed by atoms with van der Waals surface area (Å²) in [5.41, 5.74) is 0.639. The summed E-state index contributed by atoms with van der Waals surface area (Å²) < 4.78 is 39.2. The Labute approximate surface area is 160 Å². The number of hydrogen-bond donors (Lipinski definition) is 2. The van der Waals surface area contributed by atoms with Crippen molar-refractivity contribution in [2.75, 3.05) is 19.5 Å². The van der Waals surface area contributed by atoms with Gasteiger partial charge in [0.25, 0.3) is 10.1 Å². The Balaban J connectivity index is 0.000000431. The van der Waals surface area contributed by atoms with Gasteiger partial charge in [-0.2, -0.15) is 13.5 Å². The average Bonchev–Trinajstić information content (AvgIpc) is 3.16. The van der Waals surface area contributed by atoms with Crippen molar-refractivity contribution in [1.29, 1.82) is 0 Å². The SMILES string of the molecule is CS(=O)(=O)O.OC[C@@H]1CO[C@@](Cn2cncn2)(c2ccc(Cl)cc2Cl)O1. The van der Waals surface area contributed by atoms with Crippen LogP contribution in [0, 0.1) is 0 Å². The zero-order chi connectivity index (χ0) is 19.4. The third kappa shape index (κ3) is 5.88. The molecule has 2 aromatic rings. The van der Waals surface area contributed by atoms with E-state index in [9.17, 15) is 13.5 Å². The lowest BCUT2D eigenvalue weighted by atomic mass is 10.1. The Morgan fingerprint density at radius 2 is 2.12 bits per heavy atom. The van der Waals surface area contributed by atoms with Crippen LogP contribution in [0.4, 0.5) is 0 Å². The highest BCUT2D eigenvalue weighted by Crippen LogP contribution is 2.40. The van der Waals surface area contributed by atoms with Crippen LogP contribution >= 0.6 is 23.2 Å². The summed E-state index contributed by atoms with van der Waals surface area (Å²) in [5.74, 6) is -1.12. The van der Waals surface area contributed by atoms with Gasteiger partial charge in [0.2, 0.25) is 5.79 Å². The van der Waals surface area contributed by atoms with Gasteiger partial charge in [0.1, 0.15) is 25.3 Å². The Morgan fingerprint density at radius 1 is 1.42 bits per heavy atom. The van der Waals surface area contributed by atoms with Crippen molar-refractivity contribution >= 4 is 33.3 Å². The molecule has 1 aromatic carbocycles. The lowest BCUT2D eigenvalue weighted by Gasteiger charge is -2.29. The standard InChI is InChI=1S/C13H13Cl2N3O3.CH4O3S/c14-9-1-2-11(12(15)3-9)13(6-18-8-16-7-17-18)20-5-10(4-19)21-13;1-5(2,3)4/h1-3,7-8,10,19H,4-6H2;1H3,(H,2,3,4)/t10-,13-;/m1./s1. The summed E-state index contributed by atoms with van der Waals surface area (Å²) >= 11 is 12.2. The largest absolute Gasteiger partial charge is 0.394 e. The molecule has 1 saturated heterocycles. The van der Waals surface area contributed by atoms with Crippen LogP contribution in [0.2, 0.25) is 10.0 Å². The van der Waals surface area contributed by atoms with Gasteiger partial charge in [0.15, 0.2) is 0 Å². The molecule has 0 radical (unpaired) electrons. The van der Waals surface area contributed by atoms with Crippen LogP contribution in [0.15, 0.2) is 30.9 Å². The molecule has 0 amide bonds. The predicted octanol–water partition coefficient (Wildman–Crippen LogP) is 1.35. The maximum atomic E-state index is 9.29. The van der Waals surface area contributed by atoms with Crippen molar-refractivity contribution in [3.63, 3.8) is 0 Å². The van der Waals surface area contributed by atoms with Crippen molar-refractivity contribution in [2.45, 2.75) is 18.4 Å². The van der Waals surface area contributed by atoms with Crippen molar-refractivity contribution in [1.82, 2.24) is 14.8 Å². The molecule has 2 heterocycles. The van der Waals surface area contributed by atoms with Gasteiger partial charge in [-0.05, 0) is 12.1 Å². The number of aliphatic hydroxyl groups excluding tert-OH is 1. The highest BCUT2D eigenvalue weighted by Gasteiger charge is 2.45. The number of ether oxygens (including phenoxy) is 2. The minimum atomic E-state index is -3.67. The molecule has 2 atom stereocenters. The Morgan fingerprint density at radius 3 is 2.62 bits per heavy atom. The summed E-state index contributed by atoms with van der Waals surface area (Å²) in [7, 11) is -3.67. The van der Waals surface area contributed by atoms with E-state index in [1.165, 1.54) is 6.33 Å². The van der Waals surface area contributed by atoms with Crippen LogP contribution in [-0.4, -0.2) is 58.4 Å². The van der Waals surface area contributed by atoms with Crippen molar-refractivity contribution in [3.05, 3.63) is 46.5 Å². The quantitative estimate of drug-likeness (QED) is 0.703. The Bertz CT molecular complexity index is 825. The number of halogens is 2. The molecule has 1 fully saturated rings. The maximum absolute atomic E-state index is 9.29. The first-order chi connectivity index (χ1) is 12.1. The fraction of sp³-hybridized carbons (Fsp3) is 0.429. The van der Waals surface area contributed by atoms with Crippen LogP contribution in [0.1, 0.15) is 5.56 Å². The first-order valence-corrected chi connectivity index (χ1v) is 9.86. The minimum absolute atomic E-state index is 0.135. The van der Waals surface area contributed by atoms with E-state index in [-0.39, 0.29) is 19.8 Å². The molecule has 9 nitrogen and oxygen atoms in total. The van der Waals surface area contributed by atoms with Gasteiger partial charge >= 0.3 is 0 Å². The lowest BCUT2D eigenvalue weighted by Crippen LogP contribution is -2.34. The van der Waals surface area contributed by atoms with Gasteiger partial charge in [-0.25, -0.2) is 9.67 Å². The van der Waals surface area contributed by atoms with Crippen LogP contribution in [0.25, 0.3) is 0 Å². The molecule has 0 unspecified atom stereocenters. The predicted molar refractivity (Wildman–Crippen MR) is 93.5 cm³/mol. The van der Waals surface area contributed by atoms with Gasteiger partial charge in [-0.3, -0.25) is 4.55 Å². The van der Waals surface area contributed by atoms with Crippen molar-refractivity contribution in [3.8, 4) is 0 Å². The van der Waals surface area contributed by atoms with E-state index < -0.39 is 22.0 Å². The summed E-state index contributed by atoms with van der Waals surface area (Å²) in [6.45, 7) is 0.402. The smallest absolute Gasteiger partial charge is 0.261 e. The van der Waals surface area contributed by atoms with Gasteiger partial charge in [0, 0.05) is 10.6 Å². The summed E-state index contributed by atoms with van der Waals surface area (Å²) in [4.78, 5) is 3.90. The van der Waals surface area contributed by atoms with Crippen molar-refractivity contribution < 1.29 is 27.6 Å². The van der Waals surface area contributed by atoms with Gasteiger partial charge in [0.05, 0.1) is 24.5 Å². The van der Waals surface area contributed by atoms with Crippen molar-refractivity contribution in [2.24, 2.45) is 0 Å². The molecular weight excluding hydrogens is 409 g/mol. The molecule has 1 aromatic heterocycles. The molecule has 144 valence electrons. The van der Waals surface area contributed by atoms with Crippen LogP contribution in [0.5, 0.6) is 0 Å². The lowest BCUT2D eigenvalue weighted by molar-refractivity contribution is -0.191. The summed E-state index contributed by atoms with van der Waals surface area (Å²) in [6.07, 6.45) is 3.29. The average molecular weight is 426 g/mol. The van der Waals surface area contributed by atoms with E-state index in [0.717, 1.165) is 0 Å². The third-order valence-electron chi connectivity index (χ3n) is 3.24. The fourth-order valence-electron chi connectivity index (χ4n) is 2.29. The first-order valence-electron chi connectivity index (χ1n) is 7.26. The molecule has 0 spiro atoms. The minimum Gasteiger partial charge on any atom is -0.394 e. The second-order valence-electron chi connectivity index (χ2n) is 5.44. The number of hydrogen-bond acceptors (Lipinski definition) is 7. The zero-order valence-electron chi connectivity index (χ0n) is 13.6. The van der Waals surface area contributed by atoms with Crippen LogP contribution in [0.3, 0.4) is 0 Å². The summed E-state index contributed by atoms with van der Waals surface area (Å²) in [5, 5.41) is 14.3. The molecule has 1 aliphatic heterocycles. The number of nitrogens with zero attached hydrogens (tertiary/aromatic N) is 3. The molecular formula is C14H17Cl2N3O6S. The second-order valence-corrected chi connectivity index (χ2v) is 7.75. The number of aromatic nitrogens is 3. The van der Waals surface area contributed by atoms with E-state index in [0.29, 0.717) is 21.9 Å². The molecule has 3 rings (SSSR count). The molecule has 2 N–H and O–H groups in total. The second kappa shape index (κ2) is 8.61. The fourth-order valence-corrected chi connectivity index (χ4v) is 2.84.